The molecule has 7 nitrogen and oxygen atoms in total. The quantitative estimate of drug-likeness (QED) is 0.265. The number of aryl methyl sites for hydroxylation is 1. The van der Waals surface area contributed by atoms with E-state index in [-0.39, 0.29) is 30.5 Å². The van der Waals surface area contributed by atoms with Crippen LogP contribution in [0.25, 0.3) is 11.0 Å². The van der Waals surface area contributed by atoms with Crippen LogP contribution in [-0.2, 0) is 29.6 Å². The number of Topliss-reactive ketones (excluding diaryl/α,β-unsaturated/α-hetero) is 1. The Bertz CT molecular complexity index is 1210. The number of ketones is 1. The molecule has 184 valence electrons. The molecule has 0 bridgehead atoms. The number of aromatic nitrogens is 2. The first-order chi connectivity index (χ1) is 16.8. The molecular weight excluding hydrogens is 442 g/mol. The van der Waals surface area contributed by atoms with Crippen molar-refractivity contribution >= 4 is 22.8 Å². The topological polar surface area (TPSA) is 105 Å². The van der Waals surface area contributed by atoms with Crippen molar-refractivity contribution in [2.45, 2.75) is 52.6 Å². The van der Waals surface area contributed by atoms with Gasteiger partial charge in [-0.1, -0.05) is 44.2 Å². The number of nitriles is 1. The van der Waals surface area contributed by atoms with Crippen LogP contribution < -0.4 is 0 Å². The van der Waals surface area contributed by atoms with Gasteiger partial charge in [-0.2, -0.15) is 5.26 Å². The summed E-state index contributed by atoms with van der Waals surface area (Å²) in [6.45, 7) is 5.07. The van der Waals surface area contributed by atoms with Gasteiger partial charge >= 0.3 is 5.97 Å². The summed E-state index contributed by atoms with van der Waals surface area (Å²) in [7, 11) is 1.89. The van der Waals surface area contributed by atoms with E-state index in [2.05, 4.69) is 11.1 Å². The van der Waals surface area contributed by atoms with Crippen LogP contribution in [0.4, 0.5) is 0 Å². The van der Waals surface area contributed by atoms with Gasteiger partial charge in [0, 0.05) is 49.3 Å². The van der Waals surface area contributed by atoms with E-state index in [1.807, 2.05) is 55.8 Å². The zero-order chi connectivity index (χ0) is 25.4. The van der Waals surface area contributed by atoms with E-state index >= 15 is 0 Å². The first-order valence-corrected chi connectivity index (χ1v) is 12.1. The van der Waals surface area contributed by atoms with Gasteiger partial charge in [-0.3, -0.25) is 9.59 Å². The van der Waals surface area contributed by atoms with Gasteiger partial charge in [0.15, 0.2) is 5.78 Å². The Morgan fingerprint density at radius 3 is 2.57 bits per heavy atom. The summed E-state index contributed by atoms with van der Waals surface area (Å²) in [4.78, 5) is 29.3. The number of fused-ring (bicyclic) bond motifs is 1. The molecule has 2 heterocycles. The van der Waals surface area contributed by atoms with E-state index in [0.717, 1.165) is 24.1 Å². The molecule has 0 fully saturated rings. The maximum atomic E-state index is 13.5. The lowest BCUT2D eigenvalue weighted by molar-refractivity contribution is -0.138. The molecule has 0 saturated carbocycles. The van der Waals surface area contributed by atoms with Gasteiger partial charge < -0.3 is 14.4 Å². The molecule has 0 radical (unpaired) electrons. The number of ether oxygens (including phenoxy) is 1. The molecule has 0 saturated heterocycles. The summed E-state index contributed by atoms with van der Waals surface area (Å²) in [6.07, 6.45) is 3.94. The lowest BCUT2D eigenvalue weighted by Gasteiger charge is -2.18. The number of carbonyl (C=O) groups excluding carboxylic acids is 1. The number of nitrogens with zero attached hydrogens (tertiary/aromatic N) is 3. The van der Waals surface area contributed by atoms with Crippen LogP contribution in [0, 0.1) is 23.2 Å². The molecule has 7 heteroatoms. The third-order valence-electron chi connectivity index (χ3n) is 6.45. The molecule has 3 rings (SSSR count). The summed E-state index contributed by atoms with van der Waals surface area (Å²) in [5.74, 6) is -1.20. The van der Waals surface area contributed by atoms with Gasteiger partial charge in [-0.15, -0.1) is 0 Å². The largest absolute Gasteiger partial charge is 0.481 e. The maximum absolute atomic E-state index is 13.5. The molecular formula is C28H33N3O4. The van der Waals surface area contributed by atoms with Crippen molar-refractivity contribution in [2.75, 3.05) is 6.61 Å². The second-order valence-electron chi connectivity index (χ2n) is 9.31. The number of benzene rings is 1. The molecule has 2 aromatic heterocycles. The highest BCUT2D eigenvalue weighted by atomic mass is 16.5. The van der Waals surface area contributed by atoms with Gasteiger partial charge in [0.05, 0.1) is 12.2 Å². The summed E-state index contributed by atoms with van der Waals surface area (Å²) >= 11 is 0. The van der Waals surface area contributed by atoms with E-state index in [9.17, 15) is 20.0 Å². The van der Waals surface area contributed by atoms with Crippen molar-refractivity contribution in [1.29, 1.82) is 5.26 Å². The van der Waals surface area contributed by atoms with Gasteiger partial charge in [0.2, 0.25) is 0 Å². The van der Waals surface area contributed by atoms with Crippen LogP contribution in [0.2, 0.25) is 0 Å². The normalized spacial score (nSPS) is 12.1. The second-order valence-corrected chi connectivity index (χ2v) is 9.31. The molecule has 0 amide bonds. The number of rotatable bonds is 13. The Balaban J connectivity index is 1.77. The van der Waals surface area contributed by atoms with Crippen molar-refractivity contribution in [2.24, 2.45) is 18.9 Å². The third-order valence-corrected chi connectivity index (χ3v) is 6.45. The Kier molecular flexibility index (Phi) is 9.16. The molecule has 1 N–H and O–H groups in total. The van der Waals surface area contributed by atoms with Gasteiger partial charge in [0.1, 0.15) is 11.7 Å². The van der Waals surface area contributed by atoms with Crippen LogP contribution in [0.3, 0.4) is 0 Å². The molecule has 1 atom stereocenters. The smallest absolute Gasteiger partial charge is 0.303 e. The fourth-order valence-electron chi connectivity index (χ4n) is 4.39. The van der Waals surface area contributed by atoms with Crippen molar-refractivity contribution < 1.29 is 19.4 Å². The van der Waals surface area contributed by atoms with Crippen LogP contribution in [0.15, 0.2) is 42.6 Å². The summed E-state index contributed by atoms with van der Waals surface area (Å²) in [5, 5.41) is 19.3. The summed E-state index contributed by atoms with van der Waals surface area (Å²) in [5.41, 5.74) is 3.61. The molecule has 0 aliphatic rings. The van der Waals surface area contributed by atoms with Gasteiger partial charge in [-0.05, 0) is 42.7 Å². The highest BCUT2D eigenvalue weighted by molar-refractivity contribution is 6.09. The van der Waals surface area contributed by atoms with Crippen LogP contribution in [0.1, 0.15) is 66.7 Å². The fraction of sp³-hybridized carbons (Fsp3) is 0.429. The SMILES string of the molecule is CC(C)[C@@H](CC(=O)O)CC(=O)c1c(CCCCOCc2ccccc2)n(C)c2ncc(C#N)cc12. The second kappa shape index (κ2) is 12.3. The lowest BCUT2D eigenvalue weighted by Crippen LogP contribution is -2.19. The molecule has 0 aliphatic carbocycles. The number of hydrogen-bond acceptors (Lipinski definition) is 5. The minimum atomic E-state index is -0.904. The molecule has 1 aromatic carbocycles. The number of carboxylic acid groups (broad SMARTS) is 1. The molecule has 0 aliphatic heterocycles. The van der Waals surface area contributed by atoms with E-state index in [4.69, 9.17) is 4.74 Å². The Morgan fingerprint density at radius 2 is 1.91 bits per heavy atom. The molecule has 0 unspecified atom stereocenters. The highest BCUT2D eigenvalue weighted by Crippen LogP contribution is 2.30. The zero-order valence-corrected chi connectivity index (χ0v) is 20.7. The van der Waals surface area contributed by atoms with Crippen molar-refractivity contribution in [1.82, 2.24) is 9.55 Å². The molecule has 0 spiro atoms. The van der Waals surface area contributed by atoms with Crippen LogP contribution >= 0.6 is 0 Å². The summed E-state index contributed by atoms with van der Waals surface area (Å²) in [6, 6.07) is 13.8. The van der Waals surface area contributed by atoms with E-state index in [1.165, 1.54) is 6.20 Å². The number of aliphatic carboxylic acids is 1. The standard InChI is InChI=1S/C28H33N3O4/c1-19(2)22(15-26(33)34)14-25(32)27-23-13-21(16-29)17-30-28(23)31(3)24(27)11-7-8-12-35-18-20-9-5-4-6-10-20/h4-6,9-10,13,17,19,22H,7-8,11-12,14-15,18H2,1-3H3,(H,33,34)/t22-/m1/s1. The van der Waals surface area contributed by atoms with Gasteiger partial charge in [0.25, 0.3) is 0 Å². The lowest BCUT2D eigenvalue weighted by atomic mass is 9.85. The predicted octanol–water partition coefficient (Wildman–Crippen LogP) is 5.30. The van der Waals surface area contributed by atoms with Crippen molar-refractivity contribution in [3.63, 3.8) is 0 Å². The number of pyridine rings is 1. The third kappa shape index (κ3) is 6.77. The highest BCUT2D eigenvalue weighted by Gasteiger charge is 2.27. The number of carboxylic acids is 1. The Hall–Kier alpha value is -3.50. The monoisotopic (exact) mass is 475 g/mol. The first-order valence-electron chi connectivity index (χ1n) is 12.1. The average molecular weight is 476 g/mol. The zero-order valence-electron chi connectivity index (χ0n) is 20.7. The van der Waals surface area contributed by atoms with Crippen LogP contribution in [-0.4, -0.2) is 33.0 Å². The van der Waals surface area contributed by atoms with E-state index in [0.29, 0.717) is 41.8 Å². The predicted molar refractivity (Wildman–Crippen MR) is 134 cm³/mol. The number of carbonyl (C=O) groups is 2. The Labute approximate surface area is 206 Å². The number of unbranched alkanes of at least 4 members (excludes halogenated alkanes) is 1. The number of hydrogen-bond donors (Lipinski definition) is 1. The minimum absolute atomic E-state index is 0.0516. The van der Waals surface area contributed by atoms with Crippen LogP contribution in [0.5, 0.6) is 0 Å². The molecule has 3 aromatic rings. The average Bonchev–Trinajstić information content (AvgIpc) is 3.11. The Morgan fingerprint density at radius 1 is 1.17 bits per heavy atom. The minimum Gasteiger partial charge on any atom is -0.481 e. The fourth-order valence-corrected chi connectivity index (χ4v) is 4.39. The van der Waals surface area contributed by atoms with Gasteiger partial charge in [-0.25, -0.2) is 4.98 Å². The first kappa shape index (κ1) is 26.1. The summed E-state index contributed by atoms with van der Waals surface area (Å²) < 4.78 is 7.72. The van der Waals surface area contributed by atoms with Crippen molar-refractivity contribution in [3.05, 3.63) is 65.0 Å². The van der Waals surface area contributed by atoms with E-state index in [1.54, 1.807) is 6.07 Å². The van der Waals surface area contributed by atoms with Crippen molar-refractivity contribution in [3.8, 4) is 6.07 Å². The molecule has 35 heavy (non-hydrogen) atoms. The van der Waals surface area contributed by atoms with E-state index < -0.39 is 5.97 Å². The maximum Gasteiger partial charge on any atom is 0.303 e.